The highest BCUT2D eigenvalue weighted by Gasteiger charge is 2.50. The first-order chi connectivity index (χ1) is 6.42. The molecule has 3 rings (SSSR count). The molecule has 0 aromatic heterocycles. The predicted octanol–water partition coefficient (Wildman–Crippen LogP) is 2.29. The number of benzene rings is 1. The molecule has 2 atom stereocenters. The van der Waals surface area contributed by atoms with Crippen molar-refractivity contribution < 1.29 is 0 Å². The van der Waals surface area contributed by atoms with Crippen molar-refractivity contribution in [3.63, 3.8) is 0 Å². The molecule has 1 aliphatic heterocycles. The minimum atomic E-state index is 0.376. The van der Waals surface area contributed by atoms with Gasteiger partial charge in [0.25, 0.3) is 0 Å². The van der Waals surface area contributed by atoms with Gasteiger partial charge in [0.05, 0.1) is 0 Å². The fourth-order valence-corrected chi connectivity index (χ4v) is 2.95. The van der Waals surface area contributed by atoms with Gasteiger partial charge >= 0.3 is 0 Å². The lowest BCUT2D eigenvalue weighted by Crippen LogP contribution is -2.48. The maximum Gasteiger partial charge on any atom is 0.0463 e. The van der Waals surface area contributed by atoms with Crippen LogP contribution in [0.3, 0.4) is 0 Å². The number of nitrogens with one attached hydrogen (secondary N) is 1. The summed E-state index contributed by atoms with van der Waals surface area (Å²) in [7, 11) is 0. The van der Waals surface area contributed by atoms with Gasteiger partial charge in [-0.2, -0.15) is 0 Å². The molecule has 1 heteroatoms. The number of rotatable bonds is 1. The molecule has 0 amide bonds. The Balaban J connectivity index is 2.00. The largest absolute Gasteiger partial charge is 0.307 e. The lowest BCUT2D eigenvalue weighted by atomic mass is 9.64. The molecular formula is C12H15N. The fraction of sp³-hybridized carbons (Fsp3) is 0.500. The van der Waals surface area contributed by atoms with E-state index in [1.165, 1.54) is 31.4 Å². The van der Waals surface area contributed by atoms with Crippen LogP contribution >= 0.6 is 0 Å². The Hall–Kier alpha value is -0.820. The lowest BCUT2D eigenvalue weighted by Gasteiger charge is -2.45. The van der Waals surface area contributed by atoms with Crippen LogP contribution in [0, 0.1) is 5.92 Å². The maximum atomic E-state index is 3.69. The highest BCUT2D eigenvalue weighted by molar-refractivity contribution is 5.30. The van der Waals surface area contributed by atoms with Crippen LogP contribution in [-0.2, 0) is 5.54 Å². The summed E-state index contributed by atoms with van der Waals surface area (Å²) in [5.74, 6) is 0.912. The summed E-state index contributed by atoms with van der Waals surface area (Å²) in [5, 5.41) is 3.69. The third-order valence-electron chi connectivity index (χ3n) is 3.81. The van der Waals surface area contributed by atoms with Crippen molar-refractivity contribution in [2.45, 2.75) is 24.8 Å². The summed E-state index contributed by atoms with van der Waals surface area (Å²) in [6.07, 6.45) is 4.12. The molecule has 1 nitrogen and oxygen atoms in total. The van der Waals surface area contributed by atoms with Crippen LogP contribution < -0.4 is 5.32 Å². The average molecular weight is 173 g/mol. The zero-order chi connectivity index (χ0) is 8.73. The zero-order valence-electron chi connectivity index (χ0n) is 7.79. The zero-order valence-corrected chi connectivity index (χ0v) is 7.79. The first-order valence-electron chi connectivity index (χ1n) is 5.22. The summed E-state index contributed by atoms with van der Waals surface area (Å²) >= 11 is 0. The van der Waals surface area contributed by atoms with Crippen LogP contribution in [0.2, 0.25) is 0 Å². The molecule has 1 N–H and O–H groups in total. The highest BCUT2D eigenvalue weighted by atomic mass is 15.0. The Morgan fingerprint density at radius 3 is 2.62 bits per heavy atom. The van der Waals surface area contributed by atoms with Crippen LogP contribution in [0.15, 0.2) is 30.3 Å². The predicted molar refractivity (Wildman–Crippen MR) is 53.5 cm³/mol. The van der Waals surface area contributed by atoms with Gasteiger partial charge < -0.3 is 5.32 Å². The molecule has 1 saturated heterocycles. The molecule has 68 valence electrons. The lowest BCUT2D eigenvalue weighted by molar-refractivity contribution is 0.136. The van der Waals surface area contributed by atoms with E-state index in [9.17, 15) is 0 Å². The van der Waals surface area contributed by atoms with Crippen molar-refractivity contribution in [2.24, 2.45) is 5.92 Å². The Labute approximate surface area is 79.2 Å². The van der Waals surface area contributed by atoms with Crippen LogP contribution in [0.25, 0.3) is 0 Å². The molecular weight excluding hydrogens is 158 g/mol. The van der Waals surface area contributed by atoms with E-state index in [2.05, 4.69) is 35.6 Å². The molecule has 1 heterocycles. The number of hydrogen-bond acceptors (Lipinski definition) is 1. The first kappa shape index (κ1) is 7.57. The van der Waals surface area contributed by atoms with Gasteiger partial charge in [0.1, 0.15) is 0 Å². The van der Waals surface area contributed by atoms with Crippen molar-refractivity contribution in [1.82, 2.24) is 5.32 Å². The van der Waals surface area contributed by atoms with E-state index in [1.54, 1.807) is 0 Å². The Morgan fingerprint density at radius 2 is 2.00 bits per heavy atom. The molecule has 1 saturated carbocycles. The third-order valence-corrected chi connectivity index (χ3v) is 3.81. The fourth-order valence-electron chi connectivity index (χ4n) is 2.95. The first-order valence-corrected chi connectivity index (χ1v) is 5.22. The molecule has 2 aliphatic rings. The Bertz CT molecular complexity index is 306. The molecule has 13 heavy (non-hydrogen) atoms. The van der Waals surface area contributed by atoms with E-state index in [0.717, 1.165) is 5.92 Å². The third kappa shape index (κ3) is 0.910. The highest BCUT2D eigenvalue weighted by Crippen LogP contribution is 2.51. The monoisotopic (exact) mass is 173 g/mol. The van der Waals surface area contributed by atoms with Gasteiger partial charge in [-0.1, -0.05) is 30.3 Å². The second-order valence-corrected chi connectivity index (χ2v) is 4.29. The molecule has 0 radical (unpaired) electrons. The van der Waals surface area contributed by atoms with E-state index < -0.39 is 0 Å². The smallest absolute Gasteiger partial charge is 0.0463 e. The molecule has 1 aliphatic carbocycles. The van der Waals surface area contributed by atoms with Gasteiger partial charge in [-0.25, -0.2) is 0 Å². The van der Waals surface area contributed by atoms with E-state index >= 15 is 0 Å². The SMILES string of the molecule is c1ccc([C@@]23CC[C@@H]2CCN3)cc1. The molecule has 0 spiro atoms. The second kappa shape index (κ2) is 2.58. The summed E-state index contributed by atoms with van der Waals surface area (Å²) in [5.41, 5.74) is 1.88. The van der Waals surface area contributed by atoms with Gasteiger partial charge in [-0.15, -0.1) is 0 Å². The normalized spacial score (nSPS) is 36.8. The quantitative estimate of drug-likeness (QED) is 0.687. The topological polar surface area (TPSA) is 12.0 Å². The minimum absolute atomic E-state index is 0.376. The van der Waals surface area contributed by atoms with Crippen molar-refractivity contribution in [3.8, 4) is 0 Å². The van der Waals surface area contributed by atoms with Crippen LogP contribution in [0.5, 0.6) is 0 Å². The van der Waals surface area contributed by atoms with Gasteiger partial charge in [0.15, 0.2) is 0 Å². The van der Waals surface area contributed by atoms with Gasteiger partial charge in [-0.3, -0.25) is 0 Å². The molecule has 0 unspecified atom stereocenters. The number of fused-ring (bicyclic) bond motifs is 1. The molecule has 2 fully saturated rings. The Morgan fingerprint density at radius 1 is 1.15 bits per heavy atom. The standard InChI is InChI=1S/C12H15N/c1-2-4-10(5-3-1)12-8-6-11(12)7-9-13-12/h1-5,11,13H,6-9H2/t11-,12+/m1/s1. The molecule has 0 bridgehead atoms. The molecule has 1 aromatic carbocycles. The summed E-state index contributed by atoms with van der Waals surface area (Å²) in [6.45, 7) is 1.21. The number of hydrogen-bond donors (Lipinski definition) is 1. The van der Waals surface area contributed by atoms with E-state index in [-0.39, 0.29) is 0 Å². The Kier molecular flexibility index (Phi) is 1.50. The van der Waals surface area contributed by atoms with E-state index in [4.69, 9.17) is 0 Å². The van der Waals surface area contributed by atoms with E-state index in [1.807, 2.05) is 0 Å². The maximum absolute atomic E-state index is 3.69. The summed E-state index contributed by atoms with van der Waals surface area (Å²) in [6, 6.07) is 10.9. The van der Waals surface area contributed by atoms with Crippen LogP contribution in [0.1, 0.15) is 24.8 Å². The van der Waals surface area contributed by atoms with Gasteiger partial charge in [0, 0.05) is 5.54 Å². The van der Waals surface area contributed by atoms with Crippen LogP contribution in [0.4, 0.5) is 0 Å². The van der Waals surface area contributed by atoms with Gasteiger partial charge in [0.2, 0.25) is 0 Å². The molecule has 1 aromatic rings. The average Bonchev–Trinajstić information content (AvgIpc) is 2.45. The van der Waals surface area contributed by atoms with Crippen molar-refractivity contribution >= 4 is 0 Å². The second-order valence-electron chi connectivity index (χ2n) is 4.29. The van der Waals surface area contributed by atoms with Crippen LogP contribution in [-0.4, -0.2) is 6.54 Å². The minimum Gasteiger partial charge on any atom is -0.307 e. The van der Waals surface area contributed by atoms with Gasteiger partial charge in [-0.05, 0) is 37.3 Å². The van der Waals surface area contributed by atoms with E-state index in [0.29, 0.717) is 5.54 Å². The van der Waals surface area contributed by atoms with Crippen molar-refractivity contribution in [2.75, 3.05) is 6.54 Å². The summed E-state index contributed by atoms with van der Waals surface area (Å²) < 4.78 is 0. The van der Waals surface area contributed by atoms with Crippen molar-refractivity contribution in [1.29, 1.82) is 0 Å². The summed E-state index contributed by atoms with van der Waals surface area (Å²) in [4.78, 5) is 0. The van der Waals surface area contributed by atoms with Crippen molar-refractivity contribution in [3.05, 3.63) is 35.9 Å².